The van der Waals surface area contributed by atoms with Crippen molar-refractivity contribution < 1.29 is 14.4 Å². The fourth-order valence-corrected chi connectivity index (χ4v) is 4.69. The van der Waals surface area contributed by atoms with Crippen LogP contribution in [0.5, 0.6) is 0 Å². The van der Waals surface area contributed by atoms with Gasteiger partial charge >= 0.3 is 6.03 Å². The van der Waals surface area contributed by atoms with Crippen LogP contribution in [0.15, 0.2) is 0 Å². The maximum atomic E-state index is 13.1. The number of unbranched alkanes of at least 4 members (excludes halogenated alkanes) is 1. The lowest BCUT2D eigenvalue weighted by atomic mass is 9.64. The first-order valence-electron chi connectivity index (χ1n) is 9.56. The van der Waals surface area contributed by atoms with Crippen molar-refractivity contribution in [1.82, 2.24) is 15.1 Å². The predicted molar refractivity (Wildman–Crippen MR) is 96.9 cm³/mol. The van der Waals surface area contributed by atoms with Gasteiger partial charge in [-0.15, -0.1) is 0 Å². The van der Waals surface area contributed by atoms with E-state index < -0.39 is 11.6 Å². The SMILES string of the molecule is CCCCN(CC)C(=O)CN1C(=O)NC2(CC(C)CC(C)(C)C2)C1=O. The molecule has 1 aliphatic heterocycles. The average molecular weight is 351 g/mol. The number of hydrogen-bond donors (Lipinski definition) is 1. The number of urea groups is 1. The standard InChI is InChI=1S/C19H33N3O3/c1-6-8-9-21(7-2)15(23)12-22-16(24)19(20-17(22)25)11-14(3)10-18(4,5)13-19/h14H,6-13H2,1-5H3,(H,20,25). The van der Waals surface area contributed by atoms with Crippen molar-refractivity contribution in [3.05, 3.63) is 0 Å². The molecule has 2 rings (SSSR count). The van der Waals surface area contributed by atoms with E-state index in [1.807, 2.05) is 6.92 Å². The zero-order chi connectivity index (χ0) is 18.8. The van der Waals surface area contributed by atoms with E-state index in [-0.39, 0.29) is 23.8 Å². The van der Waals surface area contributed by atoms with E-state index in [0.29, 0.717) is 31.8 Å². The van der Waals surface area contributed by atoms with Crippen molar-refractivity contribution in [1.29, 1.82) is 0 Å². The predicted octanol–water partition coefficient (Wildman–Crippen LogP) is 2.77. The number of rotatable bonds is 6. The number of amides is 4. The van der Waals surface area contributed by atoms with Crippen LogP contribution in [0.3, 0.4) is 0 Å². The second-order valence-corrected chi connectivity index (χ2v) is 8.58. The Labute approximate surface area is 151 Å². The Bertz CT molecular complexity index is 546. The van der Waals surface area contributed by atoms with Gasteiger partial charge in [0.15, 0.2) is 0 Å². The third kappa shape index (κ3) is 4.15. The van der Waals surface area contributed by atoms with E-state index in [9.17, 15) is 14.4 Å². The Kier molecular flexibility index (Phi) is 5.79. The van der Waals surface area contributed by atoms with E-state index in [0.717, 1.165) is 24.2 Å². The summed E-state index contributed by atoms with van der Waals surface area (Å²) in [4.78, 5) is 40.9. The smallest absolute Gasteiger partial charge is 0.325 e. The summed E-state index contributed by atoms with van der Waals surface area (Å²) in [6.07, 6.45) is 4.25. The summed E-state index contributed by atoms with van der Waals surface area (Å²) >= 11 is 0. The summed E-state index contributed by atoms with van der Waals surface area (Å²) in [5, 5.41) is 2.93. The molecule has 6 nitrogen and oxygen atoms in total. The Morgan fingerprint density at radius 1 is 1.28 bits per heavy atom. The number of hydrogen-bond acceptors (Lipinski definition) is 3. The molecule has 1 saturated heterocycles. The highest BCUT2D eigenvalue weighted by atomic mass is 16.2. The molecule has 0 aromatic heterocycles. The molecule has 1 spiro atoms. The first-order valence-corrected chi connectivity index (χ1v) is 9.56. The third-order valence-corrected chi connectivity index (χ3v) is 5.43. The second-order valence-electron chi connectivity index (χ2n) is 8.58. The molecule has 0 bridgehead atoms. The number of likely N-dealkylation sites (N-methyl/N-ethyl adjacent to an activating group) is 1. The summed E-state index contributed by atoms with van der Waals surface area (Å²) in [6, 6.07) is -0.421. The number of nitrogens with zero attached hydrogens (tertiary/aromatic N) is 2. The van der Waals surface area contributed by atoms with Gasteiger partial charge in [0.2, 0.25) is 5.91 Å². The van der Waals surface area contributed by atoms with E-state index in [4.69, 9.17) is 0 Å². The van der Waals surface area contributed by atoms with Gasteiger partial charge in [-0.1, -0.05) is 34.1 Å². The minimum absolute atomic E-state index is 0.00277. The molecule has 2 unspecified atom stereocenters. The molecule has 1 saturated carbocycles. The van der Waals surface area contributed by atoms with Crippen LogP contribution >= 0.6 is 0 Å². The van der Waals surface area contributed by atoms with Gasteiger partial charge in [-0.3, -0.25) is 14.5 Å². The maximum absolute atomic E-state index is 13.1. The molecule has 2 aliphatic rings. The van der Waals surface area contributed by atoms with Gasteiger partial charge in [-0.2, -0.15) is 0 Å². The van der Waals surface area contributed by atoms with Gasteiger partial charge in [0.25, 0.3) is 5.91 Å². The van der Waals surface area contributed by atoms with Gasteiger partial charge in [0.1, 0.15) is 12.1 Å². The second kappa shape index (κ2) is 7.34. The Hall–Kier alpha value is -1.59. The molecule has 1 aliphatic carbocycles. The zero-order valence-electron chi connectivity index (χ0n) is 16.4. The third-order valence-electron chi connectivity index (χ3n) is 5.43. The molecule has 6 heteroatoms. The lowest BCUT2D eigenvalue weighted by Crippen LogP contribution is -2.54. The van der Waals surface area contributed by atoms with Crippen molar-refractivity contribution >= 4 is 17.8 Å². The molecule has 25 heavy (non-hydrogen) atoms. The van der Waals surface area contributed by atoms with Crippen LogP contribution < -0.4 is 5.32 Å². The summed E-state index contributed by atoms with van der Waals surface area (Å²) in [7, 11) is 0. The molecule has 2 atom stereocenters. The van der Waals surface area contributed by atoms with Crippen molar-refractivity contribution in [2.45, 2.75) is 72.3 Å². The molecule has 0 aromatic carbocycles. The largest absolute Gasteiger partial charge is 0.341 e. The molecule has 142 valence electrons. The molecular formula is C19H33N3O3. The minimum atomic E-state index is -0.834. The first kappa shape index (κ1) is 19.7. The lowest BCUT2D eigenvalue weighted by Gasteiger charge is -2.43. The van der Waals surface area contributed by atoms with Crippen LogP contribution in [0.4, 0.5) is 4.79 Å². The molecule has 0 radical (unpaired) electrons. The van der Waals surface area contributed by atoms with E-state index in [1.54, 1.807) is 4.90 Å². The highest BCUT2D eigenvalue weighted by molar-refractivity contribution is 6.09. The summed E-state index contributed by atoms with van der Waals surface area (Å²) in [5.74, 6) is -0.0167. The summed E-state index contributed by atoms with van der Waals surface area (Å²) < 4.78 is 0. The van der Waals surface area contributed by atoms with Crippen LogP contribution in [0.1, 0.15) is 66.7 Å². The van der Waals surface area contributed by atoms with E-state index in [1.165, 1.54) is 0 Å². The molecule has 1 N–H and O–H groups in total. The number of nitrogens with one attached hydrogen (secondary N) is 1. The molecule has 0 aromatic rings. The fourth-order valence-electron chi connectivity index (χ4n) is 4.69. The van der Waals surface area contributed by atoms with E-state index in [2.05, 4.69) is 33.0 Å². The topological polar surface area (TPSA) is 69.7 Å². The fraction of sp³-hybridized carbons (Fsp3) is 0.842. The molecular weight excluding hydrogens is 318 g/mol. The molecule has 2 fully saturated rings. The minimum Gasteiger partial charge on any atom is -0.341 e. The Morgan fingerprint density at radius 2 is 1.96 bits per heavy atom. The van der Waals surface area contributed by atoms with Crippen molar-refractivity contribution in [2.24, 2.45) is 11.3 Å². The number of imide groups is 1. The summed E-state index contributed by atoms with van der Waals surface area (Å²) in [6.45, 7) is 11.5. The van der Waals surface area contributed by atoms with Crippen LogP contribution in [0.25, 0.3) is 0 Å². The lowest BCUT2D eigenvalue weighted by molar-refractivity contribution is -0.140. The van der Waals surface area contributed by atoms with Crippen LogP contribution in [0, 0.1) is 11.3 Å². The van der Waals surface area contributed by atoms with E-state index >= 15 is 0 Å². The van der Waals surface area contributed by atoms with Gasteiger partial charge < -0.3 is 10.2 Å². The van der Waals surface area contributed by atoms with Crippen molar-refractivity contribution in [2.75, 3.05) is 19.6 Å². The van der Waals surface area contributed by atoms with Gasteiger partial charge in [0, 0.05) is 13.1 Å². The van der Waals surface area contributed by atoms with Crippen molar-refractivity contribution in [3.8, 4) is 0 Å². The van der Waals surface area contributed by atoms with Gasteiger partial charge in [0.05, 0.1) is 0 Å². The van der Waals surface area contributed by atoms with Crippen molar-refractivity contribution in [3.63, 3.8) is 0 Å². The Balaban J connectivity index is 2.12. The van der Waals surface area contributed by atoms with Crippen LogP contribution in [0.2, 0.25) is 0 Å². The Morgan fingerprint density at radius 3 is 2.52 bits per heavy atom. The monoisotopic (exact) mass is 351 g/mol. The normalized spacial score (nSPS) is 28.4. The average Bonchev–Trinajstić information content (AvgIpc) is 2.69. The number of carbonyl (C=O) groups is 3. The first-order chi connectivity index (χ1) is 11.6. The molecule has 1 heterocycles. The zero-order valence-corrected chi connectivity index (χ0v) is 16.4. The van der Waals surface area contributed by atoms with Gasteiger partial charge in [-0.05, 0) is 43.9 Å². The number of carbonyl (C=O) groups excluding carboxylic acids is 3. The highest BCUT2D eigenvalue weighted by Crippen LogP contribution is 2.46. The summed E-state index contributed by atoms with van der Waals surface area (Å²) in [5.41, 5.74) is -0.837. The molecule has 4 amide bonds. The maximum Gasteiger partial charge on any atom is 0.325 e. The van der Waals surface area contributed by atoms with Crippen LogP contribution in [-0.4, -0.2) is 52.8 Å². The van der Waals surface area contributed by atoms with Crippen LogP contribution in [-0.2, 0) is 9.59 Å². The quantitative estimate of drug-likeness (QED) is 0.748. The van der Waals surface area contributed by atoms with Gasteiger partial charge in [-0.25, -0.2) is 4.79 Å². The highest BCUT2D eigenvalue weighted by Gasteiger charge is 2.56.